The monoisotopic (exact) mass is 187 g/mol. The van der Waals surface area contributed by atoms with Gasteiger partial charge in [0.25, 0.3) is 0 Å². The predicted octanol–water partition coefficient (Wildman–Crippen LogP) is 0.619. The van der Waals surface area contributed by atoms with E-state index in [9.17, 15) is 5.11 Å². The molecule has 0 aromatic carbocycles. The van der Waals surface area contributed by atoms with Crippen molar-refractivity contribution in [2.24, 2.45) is 11.8 Å². The van der Waals surface area contributed by atoms with Crippen LogP contribution in [0.2, 0.25) is 0 Å². The first-order valence-electron chi connectivity index (χ1n) is 4.82. The Labute approximate surface area is 79.4 Å². The molecule has 0 aromatic heterocycles. The van der Waals surface area contributed by atoms with Gasteiger partial charge in [0.15, 0.2) is 0 Å². The summed E-state index contributed by atoms with van der Waals surface area (Å²) in [5, 5.41) is 9.64. The van der Waals surface area contributed by atoms with Gasteiger partial charge in [-0.05, 0) is 18.8 Å². The second kappa shape index (κ2) is 3.56. The molecule has 1 saturated carbocycles. The van der Waals surface area contributed by atoms with Gasteiger partial charge < -0.3 is 10.0 Å². The highest BCUT2D eigenvalue weighted by Gasteiger charge is 2.41. The van der Waals surface area contributed by atoms with E-state index in [1.807, 2.05) is 0 Å². The predicted molar refractivity (Wildman–Crippen MR) is 52.5 cm³/mol. The number of likely N-dealkylation sites (tertiary alicyclic amines) is 1. The van der Waals surface area contributed by atoms with Crippen LogP contribution >= 0.6 is 12.6 Å². The molecule has 2 aliphatic rings. The van der Waals surface area contributed by atoms with Crippen molar-refractivity contribution in [3.8, 4) is 0 Å². The number of hydrogen-bond acceptors (Lipinski definition) is 3. The maximum Gasteiger partial charge on any atom is 0.0583 e. The topological polar surface area (TPSA) is 23.5 Å². The molecular weight excluding hydrogens is 170 g/mol. The molecule has 1 N–H and O–H groups in total. The molecule has 2 fully saturated rings. The zero-order chi connectivity index (χ0) is 8.55. The fraction of sp³-hybridized carbons (Fsp3) is 1.00. The molecular formula is C9H17NOS. The van der Waals surface area contributed by atoms with E-state index in [-0.39, 0.29) is 6.10 Å². The fourth-order valence-corrected chi connectivity index (χ4v) is 2.94. The Morgan fingerprint density at radius 1 is 1.33 bits per heavy atom. The highest BCUT2D eigenvalue weighted by Crippen LogP contribution is 2.37. The van der Waals surface area contributed by atoms with Gasteiger partial charge in [-0.1, -0.05) is 0 Å². The van der Waals surface area contributed by atoms with Gasteiger partial charge in [0.05, 0.1) is 6.10 Å². The number of rotatable bonds is 2. The van der Waals surface area contributed by atoms with E-state index in [1.54, 1.807) is 0 Å². The number of hydrogen-bond donors (Lipinski definition) is 2. The fourth-order valence-electron chi connectivity index (χ4n) is 2.65. The van der Waals surface area contributed by atoms with Gasteiger partial charge in [0.1, 0.15) is 0 Å². The number of aliphatic hydroxyl groups is 1. The zero-order valence-corrected chi connectivity index (χ0v) is 8.21. The third-order valence-electron chi connectivity index (χ3n) is 3.31. The Balaban J connectivity index is 1.90. The van der Waals surface area contributed by atoms with Gasteiger partial charge in [0.2, 0.25) is 0 Å². The lowest BCUT2D eigenvalue weighted by Crippen LogP contribution is -2.26. The SMILES string of the molecule is OC1CCC2CN(CCS)CC12. The Morgan fingerprint density at radius 2 is 2.17 bits per heavy atom. The Kier molecular flexibility index (Phi) is 2.63. The molecule has 0 spiro atoms. The highest BCUT2D eigenvalue weighted by atomic mass is 32.1. The largest absolute Gasteiger partial charge is 0.393 e. The smallest absolute Gasteiger partial charge is 0.0583 e. The van der Waals surface area contributed by atoms with Crippen LogP contribution in [-0.2, 0) is 0 Å². The van der Waals surface area contributed by atoms with Crippen LogP contribution in [-0.4, -0.2) is 41.5 Å². The van der Waals surface area contributed by atoms with Crippen LogP contribution in [0, 0.1) is 11.8 Å². The summed E-state index contributed by atoms with van der Waals surface area (Å²) in [4.78, 5) is 2.44. The quantitative estimate of drug-likeness (QED) is 0.619. The molecule has 2 nitrogen and oxygen atoms in total. The molecule has 2 rings (SSSR count). The Hall–Kier alpha value is 0.270. The van der Waals surface area contributed by atoms with Crippen LogP contribution in [0.5, 0.6) is 0 Å². The average molecular weight is 187 g/mol. The summed E-state index contributed by atoms with van der Waals surface area (Å²) in [6.07, 6.45) is 2.25. The summed E-state index contributed by atoms with van der Waals surface area (Å²) in [6, 6.07) is 0. The molecule has 1 aliphatic carbocycles. The number of thiol groups is 1. The molecule has 0 bridgehead atoms. The van der Waals surface area contributed by atoms with Gasteiger partial charge in [-0.15, -0.1) is 0 Å². The lowest BCUT2D eigenvalue weighted by atomic mass is 10.00. The van der Waals surface area contributed by atoms with Crippen molar-refractivity contribution in [1.82, 2.24) is 4.90 Å². The molecule has 0 radical (unpaired) electrons. The van der Waals surface area contributed by atoms with Crippen molar-refractivity contribution in [2.45, 2.75) is 18.9 Å². The van der Waals surface area contributed by atoms with E-state index in [4.69, 9.17) is 0 Å². The van der Waals surface area contributed by atoms with E-state index >= 15 is 0 Å². The number of fused-ring (bicyclic) bond motifs is 1. The highest BCUT2D eigenvalue weighted by molar-refractivity contribution is 7.80. The summed E-state index contributed by atoms with van der Waals surface area (Å²) in [6.45, 7) is 3.39. The maximum absolute atomic E-state index is 9.64. The first-order chi connectivity index (χ1) is 5.81. The molecule has 3 unspecified atom stereocenters. The molecule has 1 aliphatic heterocycles. The van der Waals surface area contributed by atoms with E-state index in [0.29, 0.717) is 5.92 Å². The third-order valence-corrected chi connectivity index (χ3v) is 3.51. The summed E-state index contributed by atoms with van der Waals surface area (Å²) in [5.74, 6) is 2.29. The molecule has 0 amide bonds. The number of aliphatic hydroxyl groups excluding tert-OH is 1. The maximum atomic E-state index is 9.64. The Bertz CT molecular complexity index is 165. The van der Waals surface area contributed by atoms with Gasteiger partial charge in [-0.2, -0.15) is 12.6 Å². The van der Waals surface area contributed by atoms with E-state index in [2.05, 4.69) is 17.5 Å². The van der Waals surface area contributed by atoms with Crippen LogP contribution in [0.4, 0.5) is 0 Å². The second-order valence-electron chi connectivity index (χ2n) is 4.05. The van der Waals surface area contributed by atoms with Crippen LogP contribution < -0.4 is 0 Å². The molecule has 3 atom stereocenters. The lowest BCUT2D eigenvalue weighted by molar-refractivity contribution is 0.125. The molecule has 70 valence electrons. The Morgan fingerprint density at radius 3 is 2.83 bits per heavy atom. The zero-order valence-electron chi connectivity index (χ0n) is 7.32. The minimum atomic E-state index is -0.0140. The summed E-state index contributed by atoms with van der Waals surface area (Å²) in [5.41, 5.74) is 0. The van der Waals surface area contributed by atoms with E-state index in [0.717, 1.165) is 31.2 Å². The van der Waals surface area contributed by atoms with Crippen LogP contribution in [0.25, 0.3) is 0 Å². The average Bonchev–Trinajstić information content (AvgIpc) is 2.55. The molecule has 12 heavy (non-hydrogen) atoms. The minimum Gasteiger partial charge on any atom is -0.393 e. The standard InChI is InChI=1S/C9H17NOS/c11-9-2-1-7-5-10(3-4-12)6-8(7)9/h7-9,11-12H,1-6H2. The van der Waals surface area contributed by atoms with E-state index < -0.39 is 0 Å². The molecule has 1 saturated heterocycles. The van der Waals surface area contributed by atoms with E-state index in [1.165, 1.54) is 13.0 Å². The number of nitrogens with zero attached hydrogens (tertiary/aromatic N) is 1. The first-order valence-corrected chi connectivity index (χ1v) is 5.46. The van der Waals surface area contributed by atoms with Crippen LogP contribution in [0.3, 0.4) is 0 Å². The van der Waals surface area contributed by atoms with Crippen molar-refractivity contribution in [2.75, 3.05) is 25.4 Å². The van der Waals surface area contributed by atoms with Crippen molar-refractivity contribution < 1.29 is 5.11 Å². The van der Waals surface area contributed by atoms with Crippen molar-refractivity contribution in [3.63, 3.8) is 0 Å². The summed E-state index contributed by atoms with van der Waals surface area (Å²) in [7, 11) is 0. The summed E-state index contributed by atoms with van der Waals surface area (Å²) >= 11 is 4.22. The van der Waals surface area contributed by atoms with Crippen LogP contribution in [0.1, 0.15) is 12.8 Å². The van der Waals surface area contributed by atoms with Crippen molar-refractivity contribution in [1.29, 1.82) is 0 Å². The normalized spacial score (nSPS) is 42.0. The van der Waals surface area contributed by atoms with Gasteiger partial charge in [-0.25, -0.2) is 0 Å². The van der Waals surface area contributed by atoms with Gasteiger partial charge >= 0.3 is 0 Å². The van der Waals surface area contributed by atoms with Crippen LogP contribution in [0.15, 0.2) is 0 Å². The van der Waals surface area contributed by atoms with Crippen molar-refractivity contribution >= 4 is 12.6 Å². The molecule has 3 heteroatoms. The minimum absolute atomic E-state index is 0.0140. The molecule has 0 aromatic rings. The first kappa shape index (κ1) is 8.85. The van der Waals surface area contributed by atoms with Crippen molar-refractivity contribution in [3.05, 3.63) is 0 Å². The summed E-state index contributed by atoms with van der Waals surface area (Å²) < 4.78 is 0. The third kappa shape index (κ3) is 1.50. The second-order valence-corrected chi connectivity index (χ2v) is 4.50. The molecule has 1 heterocycles. The van der Waals surface area contributed by atoms with Gasteiger partial charge in [0, 0.05) is 31.3 Å². The lowest BCUT2D eigenvalue weighted by Gasteiger charge is -2.16. The van der Waals surface area contributed by atoms with Gasteiger partial charge in [-0.3, -0.25) is 0 Å².